The number of fused-ring (bicyclic) bond motifs is 3. The SMILES string of the molecule is CCc1nn2c(nnc3c(=O)n(CCCN(C)C)cnc32)c1-c1ccccc1. The molecule has 0 aliphatic carbocycles. The lowest BCUT2D eigenvalue weighted by Gasteiger charge is -2.10. The summed E-state index contributed by atoms with van der Waals surface area (Å²) in [5, 5.41) is 13.3. The van der Waals surface area contributed by atoms with E-state index in [1.54, 1.807) is 15.4 Å². The molecule has 0 bridgehead atoms. The second-order valence-corrected chi connectivity index (χ2v) is 7.05. The third-order valence-electron chi connectivity index (χ3n) is 4.78. The number of rotatable bonds is 6. The van der Waals surface area contributed by atoms with Crippen molar-refractivity contribution in [2.24, 2.45) is 0 Å². The maximum atomic E-state index is 12.8. The molecule has 0 radical (unpaired) electrons. The summed E-state index contributed by atoms with van der Waals surface area (Å²) in [6.07, 6.45) is 3.18. The second-order valence-electron chi connectivity index (χ2n) is 7.05. The number of aryl methyl sites for hydroxylation is 2. The van der Waals surface area contributed by atoms with Gasteiger partial charge in [-0.05, 0) is 39.0 Å². The summed E-state index contributed by atoms with van der Waals surface area (Å²) >= 11 is 0. The Morgan fingerprint density at radius 2 is 1.86 bits per heavy atom. The molecule has 3 heterocycles. The van der Waals surface area contributed by atoms with Crippen molar-refractivity contribution in [3.63, 3.8) is 0 Å². The summed E-state index contributed by atoms with van der Waals surface area (Å²) in [5.74, 6) is 0. The Hall–Kier alpha value is -3.13. The minimum Gasteiger partial charge on any atom is -0.309 e. The van der Waals surface area contributed by atoms with Gasteiger partial charge in [0, 0.05) is 6.54 Å². The van der Waals surface area contributed by atoms with E-state index in [0.717, 1.165) is 36.2 Å². The highest BCUT2D eigenvalue weighted by atomic mass is 16.1. The van der Waals surface area contributed by atoms with Crippen molar-refractivity contribution in [3.05, 3.63) is 52.7 Å². The maximum Gasteiger partial charge on any atom is 0.283 e. The Morgan fingerprint density at radius 3 is 2.57 bits per heavy atom. The first-order valence-corrected chi connectivity index (χ1v) is 9.43. The molecule has 144 valence electrons. The zero-order valence-electron chi connectivity index (χ0n) is 16.3. The molecule has 0 aliphatic heterocycles. The van der Waals surface area contributed by atoms with Crippen LogP contribution >= 0.6 is 0 Å². The maximum absolute atomic E-state index is 12.8. The Labute approximate surface area is 162 Å². The van der Waals surface area contributed by atoms with Gasteiger partial charge in [-0.15, -0.1) is 10.2 Å². The quantitative estimate of drug-likeness (QED) is 0.511. The molecule has 0 fully saturated rings. The van der Waals surface area contributed by atoms with Crippen LogP contribution in [0.1, 0.15) is 19.0 Å². The summed E-state index contributed by atoms with van der Waals surface area (Å²) < 4.78 is 3.24. The van der Waals surface area contributed by atoms with Crippen molar-refractivity contribution in [2.45, 2.75) is 26.3 Å². The minimum atomic E-state index is -0.187. The zero-order valence-corrected chi connectivity index (χ0v) is 16.3. The van der Waals surface area contributed by atoms with E-state index in [9.17, 15) is 4.79 Å². The fraction of sp³-hybridized carbons (Fsp3) is 0.350. The fourth-order valence-electron chi connectivity index (χ4n) is 3.37. The van der Waals surface area contributed by atoms with Gasteiger partial charge in [0.25, 0.3) is 5.56 Å². The smallest absolute Gasteiger partial charge is 0.283 e. The van der Waals surface area contributed by atoms with Gasteiger partial charge < -0.3 is 4.90 Å². The van der Waals surface area contributed by atoms with Crippen LogP contribution in [0.15, 0.2) is 41.5 Å². The van der Waals surface area contributed by atoms with Crippen LogP contribution in [0, 0.1) is 0 Å². The van der Waals surface area contributed by atoms with Crippen LogP contribution in [0.5, 0.6) is 0 Å². The molecule has 8 nitrogen and oxygen atoms in total. The topological polar surface area (TPSA) is 81.2 Å². The van der Waals surface area contributed by atoms with Gasteiger partial charge in [0.1, 0.15) is 6.33 Å². The molecule has 0 spiro atoms. The molecule has 0 saturated heterocycles. The normalized spacial score (nSPS) is 11.7. The lowest BCUT2D eigenvalue weighted by atomic mass is 10.0. The summed E-state index contributed by atoms with van der Waals surface area (Å²) in [6, 6.07) is 9.99. The van der Waals surface area contributed by atoms with Crippen LogP contribution in [0.4, 0.5) is 0 Å². The molecule has 8 heteroatoms. The van der Waals surface area contributed by atoms with Crippen LogP contribution in [-0.4, -0.2) is 54.9 Å². The van der Waals surface area contributed by atoms with Crippen LogP contribution in [0.3, 0.4) is 0 Å². The first-order chi connectivity index (χ1) is 13.6. The fourth-order valence-corrected chi connectivity index (χ4v) is 3.37. The van der Waals surface area contributed by atoms with Crippen LogP contribution in [-0.2, 0) is 13.0 Å². The highest BCUT2D eigenvalue weighted by molar-refractivity contribution is 5.83. The van der Waals surface area contributed by atoms with E-state index in [-0.39, 0.29) is 11.1 Å². The van der Waals surface area contributed by atoms with Gasteiger partial charge in [0.15, 0.2) is 16.8 Å². The van der Waals surface area contributed by atoms with E-state index < -0.39 is 0 Å². The van der Waals surface area contributed by atoms with Crippen LogP contribution in [0.2, 0.25) is 0 Å². The van der Waals surface area contributed by atoms with Crippen molar-refractivity contribution < 1.29 is 0 Å². The Bertz CT molecular complexity index is 1180. The number of benzene rings is 1. The molecule has 0 aliphatic rings. The number of nitrogens with zero attached hydrogens (tertiary/aromatic N) is 7. The average Bonchev–Trinajstić information content (AvgIpc) is 3.09. The van der Waals surface area contributed by atoms with E-state index in [1.807, 2.05) is 44.4 Å². The first-order valence-electron chi connectivity index (χ1n) is 9.43. The Kier molecular flexibility index (Phi) is 4.87. The highest BCUT2D eigenvalue weighted by Gasteiger charge is 2.19. The summed E-state index contributed by atoms with van der Waals surface area (Å²) in [5.41, 5.74) is 3.99. The molecule has 4 aromatic rings. The summed E-state index contributed by atoms with van der Waals surface area (Å²) in [6.45, 7) is 3.54. The Morgan fingerprint density at radius 1 is 1.07 bits per heavy atom. The van der Waals surface area contributed by atoms with Crippen LogP contribution < -0.4 is 5.56 Å². The predicted octanol–water partition coefficient (Wildman–Crippen LogP) is 2.02. The zero-order chi connectivity index (χ0) is 19.7. The monoisotopic (exact) mass is 377 g/mol. The van der Waals surface area contributed by atoms with Gasteiger partial charge in [0.2, 0.25) is 0 Å². The van der Waals surface area contributed by atoms with Crippen molar-refractivity contribution in [3.8, 4) is 11.1 Å². The average molecular weight is 377 g/mol. The number of hydrogen-bond donors (Lipinski definition) is 0. The van der Waals surface area contributed by atoms with Gasteiger partial charge >= 0.3 is 0 Å². The molecule has 3 aromatic heterocycles. The first kappa shape index (κ1) is 18.2. The van der Waals surface area contributed by atoms with Gasteiger partial charge in [-0.3, -0.25) is 9.36 Å². The van der Waals surface area contributed by atoms with Crippen molar-refractivity contribution >= 4 is 16.8 Å². The van der Waals surface area contributed by atoms with E-state index in [4.69, 9.17) is 0 Å². The van der Waals surface area contributed by atoms with Gasteiger partial charge in [-0.1, -0.05) is 37.3 Å². The van der Waals surface area contributed by atoms with Crippen molar-refractivity contribution in [1.29, 1.82) is 0 Å². The van der Waals surface area contributed by atoms with E-state index in [2.05, 4.69) is 32.1 Å². The molecule has 0 unspecified atom stereocenters. The summed E-state index contributed by atoms with van der Waals surface area (Å²) in [7, 11) is 4.02. The predicted molar refractivity (Wildman–Crippen MR) is 108 cm³/mol. The molecule has 0 N–H and O–H groups in total. The standard InChI is InChI=1S/C20H23N7O/c1-4-15-16(14-9-6-5-7-10-14)18-23-22-17-19(27(18)24-15)21-13-26(20(17)28)12-8-11-25(2)3/h5-7,9-10,13H,4,8,11-12H2,1-3H3. The lowest BCUT2D eigenvalue weighted by Crippen LogP contribution is -2.25. The molecule has 4 rings (SSSR count). The van der Waals surface area contributed by atoms with Crippen molar-refractivity contribution in [1.82, 2.24) is 34.3 Å². The minimum absolute atomic E-state index is 0.187. The lowest BCUT2D eigenvalue weighted by molar-refractivity contribution is 0.384. The highest BCUT2D eigenvalue weighted by Crippen LogP contribution is 2.28. The number of aromatic nitrogens is 6. The molecular weight excluding hydrogens is 354 g/mol. The number of hydrogen-bond acceptors (Lipinski definition) is 6. The third-order valence-corrected chi connectivity index (χ3v) is 4.78. The van der Waals surface area contributed by atoms with Crippen molar-refractivity contribution in [2.75, 3.05) is 20.6 Å². The molecule has 0 amide bonds. The van der Waals surface area contributed by atoms with Gasteiger partial charge in [-0.2, -0.15) is 9.61 Å². The molecule has 0 saturated carbocycles. The van der Waals surface area contributed by atoms with E-state index >= 15 is 0 Å². The van der Waals surface area contributed by atoms with Crippen LogP contribution in [0.25, 0.3) is 27.9 Å². The Balaban J connectivity index is 1.86. The van der Waals surface area contributed by atoms with Gasteiger partial charge in [0.05, 0.1) is 11.3 Å². The largest absolute Gasteiger partial charge is 0.309 e. The van der Waals surface area contributed by atoms with Gasteiger partial charge in [-0.25, -0.2) is 4.98 Å². The molecule has 28 heavy (non-hydrogen) atoms. The third kappa shape index (κ3) is 3.16. The molecular formula is C20H23N7O. The molecule has 0 atom stereocenters. The van der Waals surface area contributed by atoms with E-state index in [1.165, 1.54) is 0 Å². The van der Waals surface area contributed by atoms with E-state index in [0.29, 0.717) is 17.8 Å². The molecule has 1 aromatic carbocycles. The summed E-state index contributed by atoms with van der Waals surface area (Å²) in [4.78, 5) is 19.4. The second kappa shape index (κ2) is 7.47.